The Hall–Kier alpha value is -3.08. The van der Waals surface area contributed by atoms with E-state index >= 15 is 0 Å². The van der Waals surface area contributed by atoms with Gasteiger partial charge in [-0.25, -0.2) is 13.1 Å². The maximum atomic E-state index is 13.5. The summed E-state index contributed by atoms with van der Waals surface area (Å²) in [5, 5.41) is 2.82. The van der Waals surface area contributed by atoms with Crippen LogP contribution < -0.4 is 24.4 Å². The number of benzene rings is 3. The number of hydrogen-bond donors (Lipinski definition) is 2. The van der Waals surface area contributed by atoms with Crippen LogP contribution in [0, 0.1) is 0 Å². The van der Waals surface area contributed by atoms with E-state index in [-0.39, 0.29) is 17.3 Å². The number of hydrogen-bond acceptors (Lipinski definition) is 6. The number of carbonyl (C=O) groups excluding carboxylic acids is 1. The van der Waals surface area contributed by atoms with Crippen molar-refractivity contribution in [3.8, 4) is 11.5 Å². The second kappa shape index (κ2) is 12.0. The van der Waals surface area contributed by atoms with Crippen molar-refractivity contribution in [3.05, 3.63) is 76.3 Å². The largest absolute Gasteiger partial charge is 0.493 e. The lowest BCUT2D eigenvalue weighted by Crippen LogP contribution is -2.29. The van der Waals surface area contributed by atoms with Gasteiger partial charge in [0.15, 0.2) is 11.5 Å². The van der Waals surface area contributed by atoms with Crippen LogP contribution in [0.25, 0.3) is 0 Å². The number of amides is 1. The molecule has 1 heterocycles. The van der Waals surface area contributed by atoms with E-state index in [9.17, 15) is 13.2 Å². The molecule has 0 saturated carbocycles. The predicted octanol–water partition coefficient (Wildman–Crippen LogP) is 4.84. The molecular formula is C27H30BrN3O5S. The first-order chi connectivity index (χ1) is 17.8. The van der Waals surface area contributed by atoms with Crippen LogP contribution in [0.1, 0.15) is 28.8 Å². The van der Waals surface area contributed by atoms with Crippen LogP contribution in [0.4, 0.5) is 11.4 Å². The van der Waals surface area contributed by atoms with E-state index in [1.165, 1.54) is 6.07 Å². The van der Waals surface area contributed by atoms with Gasteiger partial charge in [-0.05, 0) is 73.4 Å². The summed E-state index contributed by atoms with van der Waals surface area (Å²) in [6.45, 7) is 1.78. The Labute approximate surface area is 226 Å². The maximum absolute atomic E-state index is 13.5. The third-order valence-corrected chi connectivity index (χ3v) is 8.18. The summed E-state index contributed by atoms with van der Waals surface area (Å²) in [7, 11) is -0.733. The number of ether oxygens (including phenoxy) is 2. The fourth-order valence-corrected chi connectivity index (χ4v) is 5.98. The van der Waals surface area contributed by atoms with Crippen molar-refractivity contribution in [1.29, 1.82) is 0 Å². The van der Waals surface area contributed by atoms with E-state index in [0.29, 0.717) is 34.9 Å². The third kappa shape index (κ3) is 6.63. The summed E-state index contributed by atoms with van der Waals surface area (Å²) in [5.74, 6) is 0.886. The van der Waals surface area contributed by atoms with E-state index < -0.39 is 10.0 Å². The van der Waals surface area contributed by atoms with Crippen molar-refractivity contribution >= 4 is 43.2 Å². The Balaban J connectivity index is 1.54. The van der Waals surface area contributed by atoms with Gasteiger partial charge < -0.3 is 19.7 Å². The molecule has 0 bridgehead atoms. The topological polar surface area (TPSA) is 97.0 Å². The highest BCUT2D eigenvalue weighted by molar-refractivity contribution is 9.10. The molecule has 0 radical (unpaired) electrons. The van der Waals surface area contributed by atoms with Crippen LogP contribution in [0.5, 0.6) is 11.5 Å². The monoisotopic (exact) mass is 587 g/mol. The number of carbonyl (C=O) groups is 1. The van der Waals surface area contributed by atoms with Crippen LogP contribution in [0.2, 0.25) is 0 Å². The first kappa shape index (κ1) is 27.0. The molecule has 0 unspecified atom stereocenters. The van der Waals surface area contributed by atoms with Gasteiger partial charge in [-0.15, -0.1) is 0 Å². The number of rotatable bonds is 10. The summed E-state index contributed by atoms with van der Waals surface area (Å²) >= 11 is 3.37. The smallest absolute Gasteiger partial charge is 0.255 e. The number of nitrogens with zero attached hydrogens (tertiary/aromatic N) is 1. The van der Waals surface area contributed by atoms with Crippen LogP contribution in [-0.2, 0) is 16.4 Å². The minimum atomic E-state index is -3.86. The minimum absolute atomic E-state index is 0.147. The lowest BCUT2D eigenvalue weighted by Gasteiger charge is -2.22. The van der Waals surface area contributed by atoms with Gasteiger partial charge in [0.2, 0.25) is 10.0 Å². The Morgan fingerprint density at radius 3 is 2.43 bits per heavy atom. The molecule has 0 spiro atoms. The summed E-state index contributed by atoms with van der Waals surface area (Å²) in [5.41, 5.74) is 2.43. The molecule has 3 aromatic carbocycles. The first-order valence-electron chi connectivity index (χ1n) is 12.0. The van der Waals surface area contributed by atoms with Crippen LogP contribution in [0.15, 0.2) is 70.0 Å². The standard InChI is InChI=1S/C27H30BrN3O5S/c1-35-24-11-8-19(16-25(24)36-2)12-13-29-37(33,34)26-18-22(9-10-23(26)31-14-3-4-15-31)30-27(32)20-6-5-7-21(28)17-20/h5-11,16-18,29H,3-4,12-15H2,1-2H3,(H,30,32). The van der Waals surface area contributed by atoms with Crippen molar-refractivity contribution < 1.29 is 22.7 Å². The molecule has 37 heavy (non-hydrogen) atoms. The molecule has 3 aromatic rings. The second-order valence-corrected chi connectivity index (χ2v) is 11.3. The Morgan fingerprint density at radius 1 is 0.973 bits per heavy atom. The van der Waals surface area contributed by atoms with Gasteiger partial charge in [0.25, 0.3) is 5.91 Å². The van der Waals surface area contributed by atoms with Crippen LogP contribution in [-0.4, -0.2) is 48.2 Å². The molecule has 196 valence electrons. The number of anilines is 2. The van der Waals surface area contributed by atoms with Gasteiger partial charge in [-0.1, -0.05) is 28.1 Å². The van der Waals surface area contributed by atoms with E-state index in [0.717, 1.165) is 36.0 Å². The molecule has 4 rings (SSSR count). The number of nitrogens with one attached hydrogen (secondary N) is 2. The fourth-order valence-electron chi connectivity index (χ4n) is 4.30. The molecule has 0 aliphatic carbocycles. The van der Waals surface area contributed by atoms with Gasteiger partial charge in [0.05, 0.1) is 19.9 Å². The van der Waals surface area contributed by atoms with Crippen LogP contribution >= 0.6 is 15.9 Å². The molecule has 2 N–H and O–H groups in total. The molecule has 1 aliphatic heterocycles. The lowest BCUT2D eigenvalue weighted by molar-refractivity contribution is 0.102. The minimum Gasteiger partial charge on any atom is -0.493 e. The van der Waals surface area contributed by atoms with E-state index in [2.05, 4.69) is 30.9 Å². The highest BCUT2D eigenvalue weighted by Gasteiger charge is 2.25. The molecule has 1 aliphatic rings. The molecule has 1 fully saturated rings. The van der Waals surface area contributed by atoms with Crippen molar-refractivity contribution in [2.75, 3.05) is 44.1 Å². The molecule has 1 saturated heterocycles. The zero-order valence-corrected chi connectivity index (χ0v) is 23.2. The zero-order chi connectivity index (χ0) is 26.4. The van der Waals surface area contributed by atoms with Crippen molar-refractivity contribution in [2.45, 2.75) is 24.2 Å². The lowest BCUT2D eigenvalue weighted by atomic mass is 10.1. The summed E-state index contributed by atoms with van der Waals surface area (Å²) in [6, 6.07) is 17.6. The van der Waals surface area contributed by atoms with Gasteiger partial charge in [0.1, 0.15) is 4.90 Å². The summed E-state index contributed by atoms with van der Waals surface area (Å²) in [4.78, 5) is 15.0. The molecule has 1 amide bonds. The van der Waals surface area contributed by atoms with E-state index in [1.54, 1.807) is 50.6 Å². The Kier molecular flexibility index (Phi) is 8.73. The molecule has 0 aromatic heterocycles. The maximum Gasteiger partial charge on any atom is 0.255 e. The summed E-state index contributed by atoms with van der Waals surface area (Å²) < 4.78 is 41.1. The number of sulfonamides is 1. The summed E-state index contributed by atoms with van der Waals surface area (Å²) in [6.07, 6.45) is 2.49. The molecule has 8 nitrogen and oxygen atoms in total. The average molecular weight is 589 g/mol. The van der Waals surface area contributed by atoms with Gasteiger partial charge in [-0.2, -0.15) is 0 Å². The average Bonchev–Trinajstić information content (AvgIpc) is 3.43. The van der Waals surface area contributed by atoms with E-state index in [4.69, 9.17) is 9.47 Å². The quantitative estimate of drug-likeness (QED) is 0.352. The van der Waals surface area contributed by atoms with Crippen molar-refractivity contribution in [3.63, 3.8) is 0 Å². The molecular weight excluding hydrogens is 558 g/mol. The van der Waals surface area contributed by atoms with E-state index in [1.807, 2.05) is 18.2 Å². The second-order valence-electron chi connectivity index (χ2n) is 8.68. The van der Waals surface area contributed by atoms with Gasteiger partial charge in [-0.3, -0.25) is 4.79 Å². The van der Waals surface area contributed by atoms with Gasteiger partial charge in [0, 0.05) is 35.4 Å². The molecule has 10 heteroatoms. The number of methoxy groups -OCH3 is 2. The molecule has 0 atom stereocenters. The highest BCUT2D eigenvalue weighted by Crippen LogP contribution is 2.32. The SMILES string of the molecule is COc1ccc(CCNS(=O)(=O)c2cc(NC(=O)c3cccc(Br)c3)ccc2N2CCCC2)cc1OC. The predicted molar refractivity (Wildman–Crippen MR) is 148 cm³/mol. The fraction of sp³-hybridized carbons (Fsp3) is 0.296. The Morgan fingerprint density at radius 2 is 1.73 bits per heavy atom. The first-order valence-corrected chi connectivity index (χ1v) is 14.2. The highest BCUT2D eigenvalue weighted by atomic mass is 79.9. The van der Waals surface area contributed by atoms with Gasteiger partial charge >= 0.3 is 0 Å². The number of halogens is 1. The normalized spacial score (nSPS) is 13.4. The van der Waals surface area contributed by atoms with Crippen LogP contribution in [0.3, 0.4) is 0 Å². The Bertz CT molecular complexity index is 1370. The zero-order valence-electron chi connectivity index (χ0n) is 20.8. The van der Waals surface area contributed by atoms with Crippen molar-refractivity contribution in [1.82, 2.24) is 4.72 Å². The van der Waals surface area contributed by atoms with Crippen molar-refractivity contribution in [2.24, 2.45) is 0 Å². The third-order valence-electron chi connectivity index (χ3n) is 6.19.